The van der Waals surface area contributed by atoms with Gasteiger partial charge in [-0.3, -0.25) is 4.79 Å². The molecule has 0 saturated carbocycles. The third-order valence-electron chi connectivity index (χ3n) is 3.69. The number of fused-ring (bicyclic) bond motifs is 4. The van der Waals surface area contributed by atoms with Crippen LogP contribution in [-0.4, -0.2) is 27.7 Å². The zero-order valence-electron chi connectivity index (χ0n) is 9.28. The number of hydrazine groups is 1. The molecule has 2 aliphatic rings. The van der Waals surface area contributed by atoms with Crippen molar-refractivity contribution in [3.05, 3.63) is 44.4 Å². The summed E-state index contributed by atoms with van der Waals surface area (Å²) in [6, 6.07) is 5.20. The van der Waals surface area contributed by atoms with E-state index in [4.69, 9.17) is 0 Å². The quantitative estimate of drug-likeness (QED) is 0.524. The minimum atomic E-state index is -0.324. The third-order valence-corrected chi connectivity index (χ3v) is 3.69. The SMILES string of the molecule is O=c1cccc2n1CC1C[C@H]2CN([N+](=O)[O-])C1. The van der Waals surface area contributed by atoms with E-state index in [2.05, 4.69) is 0 Å². The van der Waals surface area contributed by atoms with Crippen molar-refractivity contribution in [2.24, 2.45) is 5.92 Å². The molecule has 3 rings (SSSR count). The van der Waals surface area contributed by atoms with Gasteiger partial charge in [-0.05, 0) is 12.5 Å². The Morgan fingerprint density at radius 1 is 1.29 bits per heavy atom. The molecule has 17 heavy (non-hydrogen) atoms. The van der Waals surface area contributed by atoms with Gasteiger partial charge in [0.1, 0.15) is 0 Å². The van der Waals surface area contributed by atoms with Crippen molar-refractivity contribution in [3.63, 3.8) is 0 Å². The highest BCUT2D eigenvalue weighted by Gasteiger charge is 2.38. The van der Waals surface area contributed by atoms with Crippen molar-refractivity contribution >= 4 is 0 Å². The van der Waals surface area contributed by atoms with Gasteiger partial charge in [-0.2, -0.15) is 0 Å². The van der Waals surface area contributed by atoms with Gasteiger partial charge in [-0.15, -0.1) is 5.01 Å². The number of hydrogen-bond acceptors (Lipinski definition) is 3. The van der Waals surface area contributed by atoms with Crippen molar-refractivity contribution < 1.29 is 5.03 Å². The maximum Gasteiger partial charge on any atom is 0.250 e. The number of nitro groups is 1. The molecule has 90 valence electrons. The molecule has 2 aliphatic heterocycles. The maximum absolute atomic E-state index is 11.7. The van der Waals surface area contributed by atoms with Crippen LogP contribution in [0.15, 0.2) is 23.0 Å². The Morgan fingerprint density at radius 2 is 2.12 bits per heavy atom. The predicted octanol–water partition coefficient (Wildman–Crippen LogP) is 0.459. The van der Waals surface area contributed by atoms with Crippen LogP contribution in [0.3, 0.4) is 0 Å². The van der Waals surface area contributed by atoms with Crippen LogP contribution < -0.4 is 5.56 Å². The van der Waals surface area contributed by atoms with E-state index in [1.165, 1.54) is 5.01 Å². The molecule has 1 fully saturated rings. The molecular weight excluding hydrogens is 222 g/mol. The van der Waals surface area contributed by atoms with E-state index >= 15 is 0 Å². The monoisotopic (exact) mass is 235 g/mol. The lowest BCUT2D eigenvalue weighted by Crippen LogP contribution is -2.48. The summed E-state index contributed by atoms with van der Waals surface area (Å²) >= 11 is 0. The lowest BCUT2D eigenvalue weighted by molar-refractivity contribution is -0.660. The van der Waals surface area contributed by atoms with E-state index in [1.807, 2.05) is 6.07 Å². The number of nitrogens with zero attached hydrogens (tertiary/aromatic N) is 3. The summed E-state index contributed by atoms with van der Waals surface area (Å²) in [4.78, 5) is 22.6. The zero-order valence-corrected chi connectivity index (χ0v) is 9.28. The zero-order chi connectivity index (χ0) is 12.0. The third kappa shape index (κ3) is 1.60. The number of hydrogen-bond donors (Lipinski definition) is 0. The van der Waals surface area contributed by atoms with Crippen LogP contribution in [0, 0.1) is 16.0 Å². The standard InChI is InChI=1S/C11H13N3O3/c15-11-3-1-2-10-9-4-8(6-13(10)11)5-12(7-9)14(16)17/h1-3,8-9H,4-7H2/t8?,9-/m0/s1. The second-order valence-corrected chi connectivity index (χ2v) is 4.81. The van der Waals surface area contributed by atoms with Gasteiger partial charge in [0.2, 0.25) is 0 Å². The smallest absolute Gasteiger partial charge is 0.250 e. The fraction of sp³-hybridized carbons (Fsp3) is 0.545. The Kier molecular flexibility index (Phi) is 2.17. The molecule has 1 saturated heterocycles. The van der Waals surface area contributed by atoms with Gasteiger partial charge in [-0.1, -0.05) is 6.07 Å². The maximum atomic E-state index is 11.7. The lowest BCUT2D eigenvalue weighted by atomic mass is 9.84. The second kappa shape index (κ2) is 3.58. The Balaban J connectivity index is 2.01. The summed E-state index contributed by atoms with van der Waals surface area (Å²) in [5.74, 6) is 0.327. The largest absolute Gasteiger partial charge is 0.312 e. The van der Waals surface area contributed by atoms with Crippen LogP contribution in [0.1, 0.15) is 18.0 Å². The van der Waals surface area contributed by atoms with E-state index in [-0.39, 0.29) is 22.4 Å². The Morgan fingerprint density at radius 3 is 2.88 bits per heavy atom. The average Bonchev–Trinajstić information content (AvgIpc) is 2.30. The number of pyridine rings is 1. The van der Waals surface area contributed by atoms with E-state index in [9.17, 15) is 14.9 Å². The molecule has 1 aromatic heterocycles. The van der Waals surface area contributed by atoms with Gasteiger partial charge in [0.15, 0.2) is 5.03 Å². The molecule has 0 N–H and O–H groups in total. The van der Waals surface area contributed by atoms with Gasteiger partial charge in [0.05, 0.1) is 13.1 Å². The molecular formula is C11H13N3O3. The normalized spacial score (nSPS) is 26.5. The highest BCUT2D eigenvalue weighted by atomic mass is 16.7. The number of piperidine rings is 1. The number of aromatic nitrogens is 1. The summed E-state index contributed by atoms with van der Waals surface area (Å²) in [6.07, 6.45) is 0.952. The summed E-state index contributed by atoms with van der Waals surface area (Å²) in [5.41, 5.74) is 0.951. The highest BCUT2D eigenvalue weighted by Crippen LogP contribution is 2.34. The minimum absolute atomic E-state index is 0.00625. The van der Waals surface area contributed by atoms with Gasteiger partial charge in [-0.25, -0.2) is 10.1 Å². The fourth-order valence-corrected chi connectivity index (χ4v) is 3.00. The van der Waals surface area contributed by atoms with E-state index in [0.29, 0.717) is 19.6 Å². The first-order valence-corrected chi connectivity index (χ1v) is 5.74. The molecule has 6 heteroatoms. The Bertz CT molecular complexity index is 525. The molecule has 0 radical (unpaired) electrons. The Labute approximate surface area is 97.6 Å². The lowest BCUT2D eigenvalue weighted by Gasteiger charge is -2.38. The van der Waals surface area contributed by atoms with Crippen LogP contribution in [0.2, 0.25) is 0 Å². The minimum Gasteiger partial charge on any atom is -0.312 e. The van der Waals surface area contributed by atoms with Crippen LogP contribution in [0.4, 0.5) is 0 Å². The second-order valence-electron chi connectivity index (χ2n) is 4.81. The van der Waals surface area contributed by atoms with Crippen LogP contribution in [-0.2, 0) is 6.54 Å². The molecule has 1 unspecified atom stereocenters. The van der Waals surface area contributed by atoms with Crippen molar-refractivity contribution in [3.8, 4) is 0 Å². The fourth-order valence-electron chi connectivity index (χ4n) is 3.00. The van der Waals surface area contributed by atoms with Gasteiger partial charge in [0, 0.05) is 30.1 Å². The first-order chi connectivity index (χ1) is 8.15. The topological polar surface area (TPSA) is 68.4 Å². The van der Waals surface area contributed by atoms with E-state index in [0.717, 1.165) is 12.1 Å². The molecule has 0 aromatic carbocycles. The molecule has 3 heterocycles. The molecule has 0 aliphatic carbocycles. The van der Waals surface area contributed by atoms with Gasteiger partial charge in [0.25, 0.3) is 5.56 Å². The average molecular weight is 235 g/mol. The summed E-state index contributed by atoms with van der Waals surface area (Å²) in [6.45, 7) is 1.47. The molecule has 0 spiro atoms. The summed E-state index contributed by atoms with van der Waals surface area (Å²) in [7, 11) is 0. The first kappa shape index (κ1) is 10.3. The van der Waals surface area contributed by atoms with E-state index < -0.39 is 0 Å². The molecule has 0 amide bonds. The highest BCUT2D eigenvalue weighted by molar-refractivity contribution is 5.16. The summed E-state index contributed by atoms with van der Waals surface area (Å²) < 4.78 is 1.77. The van der Waals surface area contributed by atoms with Crippen molar-refractivity contribution in [2.75, 3.05) is 13.1 Å². The number of rotatable bonds is 1. The van der Waals surface area contributed by atoms with Gasteiger partial charge >= 0.3 is 0 Å². The van der Waals surface area contributed by atoms with Crippen LogP contribution >= 0.6 is 0 Å². The van der Waals surface area contributed by atoms with E-state index in [1.54, 1.807) is 16.7 Å². The van der Waals surface area contributed by atoms with Crippen molar-refractivity contribution in [1.82, 2.24) is 9.58 Å². The summed E-state index contributed by atoms with van der Waals surface area (Å²) in [5, 5.41) is 11.8. The van der Waals surface area contributed by atoms with Crippen molar-refractivity contribution in [2.45, 2.75) is 18.9 Å². The van der Waals surface area contributed by atoms with Crippen LogP contribution in [0.5, 0.6) is 0 Å². The first-order valence-electron chi connectivity index (χ1n) is 5.74. The van der Waals surface area contributed by atoms with Crippen LogP contribution in [0.25, 0.3) is 0 Å². The molecule has 1 aromatic rings. The van der Waals surface area contributed by atoms with Crippen molar-refractivity contribution in [1.29, 1.82) is 0 Å². The molecule has 2 bridgehead atoms. The predicted molar refractivity (Wildman–Crippen MR) is 60.1 cm³/mol. The Hall–Kier alpha value is -1.85. The molecule has 6 nitrogen and oxygen atoms in total. The van der Waals surface area contributed by atoms with Gasteiger partial charge < -0.3 is 4.57 Å². The molecule has 2 atom stereocenters.